The summed E-state index contributed by atoms with van der Waals surface area (Å²) in [5, 5.41) is 0. The first kappa shape index (κ1) is 15.6. The van der Waals surface area contributed by atoms with Gasteiger partial charge in [-0.05, 0) is 31.9 Å². The molecule has 0 unspecified atom stereocenters. The third kappa shape index (κ3) is 3.63. The molecule has 4 heteroatoms. The lowest BCUT2D eigenvalue weighted by molar-refractivity contribution is 0.462. The highest BCUT2D eigenvalue weighted by Crippen LogP contribution is 2.28. The number of aryl methyl sites for hydroxylation is 1. The largest absolute Gasteiger partial charge is 0.439 e. The van der Waals surface area contributed by atoms with Crippen LogP contribution in [0.2, 0.25) is 0 Å². The van der Waals surface area contributed by atoms with E-state index in [2.05, 4.69) is 16.8 Å². The minimum absolute atomic E-state index is 0.583. The van der Waals surface area contributed by atoms with Gasteiger partial charge in [-0.3, -0.25) is 0 Å². The maximum atomic E-state index is 6.02. The molecular weight excluding hydrogens is 310 g/mol. The summed E-state index contributed by atoms with van der Waals surface area (Å²) in [7, 11) is 0. The van der Waals surface area contributed by atoms with Crippen molar-refractivity contribution in [3.63, 3.8) is 0 Å². The SMILES string of the molecule is Cc1ccc(Oc2cc(N3CCCC3)nc(-c3ccccc3)n2)cc1. The van der Waals surface area contributed by atoms with Crippen LogP contribution in [0.1, 0.15) is 18.4 Å². The fraction of sp³-hybridized carbons (Fsp3) is 0.238. The molecular formula is C21H21N3O. The molecule has 1 saturated heterocycles. The Hall–Kier alpha value is -2.88. The zero-order chi connectivity index (χ0) is 17.1. The zero-order valence-corrected chi connectivity index (χ0v) is 14.4. The minimum Gasteiger partial charge on any atom is -0.439 e. The number of rotatable bonds is 4. The van der Waals surface area contributed by atoms with Crippen LogP contribution in [-0.4, -0.2) is 23.1 Å². The molecule has 0 saturated carbocycles. The van der Waals surface area contributed by atoms with Crippen LogP contribution in [0.5, 0.6) is 11.6 Å². The van der Waals surface area contributed by atoms with Gasteiger partial charge in [0.05, 0.1) is 0 Å². The van der Waals surface area contributed by atoms with E-state index in [1.165, 1.54) is 18.4 Å². The van der Waals surface area contributed by atoms with Gasteiger partial charge in [-0.15, -0.1) is 0 Å². The smallest absolute Gasteiger partial charge is 0.224 e. The third-order valence-corrected chi connectivity index (χ3v) is 4.39. The Bertz CT molecular complexity index is 841. The van der Waals surface area contributed by atoms with E-state index < -0.39 is 0 Å². The van der Waals surface area contributed by atoms with Crippen molar-refractivity contribution in [2.45, 2.75) is 19.8 Å². The van der Waals surface area contributed by atoms with Crippen LogP contribution in [0.15, 0.2) is 60.7 Å². The number of anilines is 1. The highest BCUT2D eigenvalue weighted by Gasteiger charge is 2.17. The number of aromatic nitrogens is 2. The molecule has 4 nitrogen and oxygen atoms in total. The molecule has 25 heavy (non-hydrogen) atoms. The molecule has 1 aliphatic rings. The molecule has 0 N–H and O–H groups in total. The van der Waals surface area contributed by atoms with Gasteiger partial charge in [-0.1, -0.05) is 48.0 Å². The fourth-order valence-electron chi connectivity index (χ4n) is 3.02. The van der Waals surface area contributed by atoms with Gasteiger partial charge in [0.15, 0.2) is 5.82 Å². The summed E-state index contributed by atoms with van der Waals surface area (Å²) >= 11 is 0. The molecule has 1 aliphatic heterocycles. The first-order chi connectivity index (χ1) is 12.3. The van der Waals surface area contributed by atoms with Crippen LogP contribution >= 0.6 is 0 Å². The molecule has 1 aromatic heterocycles. The molecule has 2 heterocycles. The Labute approximate surface area is 148 Å². The Morgan fingerprint density at radius 3 is 2.32 bits per heavy atom. The van der Waals surface area contributed by atoms with E-state index >= 15 is 0 Å². The van der Waals surface area contributed by atoms with Gasteiger partial charge in [0.2, 0.25) is 5.88 Å². The van der Waals surface area contributed by atoms with Crippen molar-refractivity contribution in [1.29, 1.82) is 0 Å². The van der Waals surface area contributed by atoms with Gasteiger partial charge in [0, 0.05) is 24.7 Å². The Kier molecular flexibility index (Phi) is 4.34. The molecule has 0 aliphatic carbocycles. The van der Waals surface area contributed by atoms with Crippen molar-refractivity contribution in [1.82, 2.24) is 9.97 Å². The van der Waals surface area contributed by atoms with Crippen LogP contribution < -0.4 is 9.64 Å². The van der Waals surface area contributed by atoms with E-state index in [1.54, 1.807) is 0 Å². The van der Waals surface area contributed by atoms with Crippen LogP contribution in [0.25, 0.3) is 11.4 Å². The summed E-state index contributed by atoms with van der Waals surface area (Å²) in [5.41, 5.74) is 2.20. The molecule has 1 fully saturated rings. The molecule has 0 amide bonds. The third-order valence-electron chi connectivity index (χ3n) is 4.39. The van der Waals surface area contributed by atoms with E-state index in [4.69, 9.17) is 9.72 Å². The molecule has 0 spiro atoms. The highest BCUT2D eigenvalue weighted by molar-refractivity contribution is 5.59. The average Bonchev–Trinajstić information content (AvgIpc) is 3.19. The van der Waals surface area contributed by atoms with Crippen molar-refractivity contribution in [2.24, 2.45) is 0 Å². The van der Waals surface area contributed by atoms with Crippen molar-refractivity contribution >= 4 is 5.82 Å². The minimum atomic E-state index is 0.583. The Morgan fingerprint density at radius 2 is 1.60 bits per heavy atom. The van der Waals surface area contributed by atoms with Crippen molar-refractivity contribution in [3.8, 4) is 23.0 Å². The summed E-state index contributed by atoms with van der Waals surface area (Å²) < 4.78 is 6.02. The van der Waals surface area contributed by atoms with Gasteiger partial charge >= 0.3 is 0 Å². The normalized spacial score (nSPS) is 13.9. The number of hydrogen-bond donors (Lipinski definition) is 0. The standard InChI is InChI=1S/C21H21N3O/c1-16-9-11-18(12-10-16)25-20-15-19(24-13-5-6-14-24)22-21(23-20)17-7-3-2-4-8-17/h2-4,7-12,15H,5-6,13-14H2,1H3. The van der Waals surface area contributed by atoms with Crippen LogP contribution in [0.3, 0.4) is 0 Å². The van der Waals surface area contributed by atoms with Crippen LogP contribution in [0.4, 0.5) is 5.82 Å². The predicted molar refractivity (Wildman–Crippen MR) is 100 cm³/mol. The van der Waals surface area contributed by atoms with Crippen LogP contribution in [-0.2, 0) is 0 Å². The monoisotopic (exact) mass is 331 g/mol. The zero-order valence-electron chi connectivity index (χ0n) is 14.4. The quantitative estimate of drug-likeness (QED) is 0.685. The van der Waals surface area contributed by atoms with E-state index in [0.29, 0.717) is 11.7 Å². The second-order valence-electron chi connectivity index (χ2n) is 6.36. The second kappa shape index (κ2) is 6.93. The molecule has 2 aromatic carbocycles. The lowest BCUT2D eigenvalue weighted by atomic mass is 10.2. The molecule has 0 bridgehead atoms. The van der Waals surface area contributed by atoms with Gasteiger partial charge in [-0.25, -0.2) is 4.98 Å². The summed E-state index contributed by atoms with van der Waals surface area (Å²) in [4.78, 5) is 11.7. The number of nitrogens with zero attached hydrogens (tertiary/aromatic N) is 3. The fourth-order valence-corrected chi connectivity index (χ4v) is 3.02. The first-order valence-corrected chi connectivity index (χ1v) is 8.72. The van der Waals surface area contributed by atoms with Gasteiger partial charge < -0.3 is 9.64 Å². The Balaban J connectivity index is 1.71. The topological polar surface area (TPSA) is 38.2 Å². The van der Waals surface area contributed by atoms with E-state index in [0.717, 1.165) is 30.2 Å². The highest BCUT2D eigenvalue weighted by atomic mass is 16.5. The van der Waals surface area contributed by atoms with E-state index in [1.807, 2.05) is 60.7 Å². The maximum Gasteiger partial charge on any atom is 0.224 e. The first-order valence-electron chi connectivity index (χ1n) is 8.72. The second-order valence-corrected chi connectivity index (χ2v) is 6.36. The van der Waals surface area contributed by atoms with Crippen molar-refractivity contribution < 1.29 is 4.74 Å². The maximum absolute atomic E-state index is 6.02. The molecule has 126 valence electrons. The number of ether oxygens (including phenoxy) is 1. The van der Waals surface area contributed by atoms with Crippen molar-refractivity contribution in [3.05, 3.63) is 66.2 Å². The van der Waals surface area contributed by atoms with Gasteiger partial charge in [-0.2, -0.15) is 4.98 Å². The predicted octanol–water partition coefficient (Wildman–Crippen LogP) is 4.84. The van der Waals surface area contributed by atoms with E-state index in [9.17, 15) is 0 Å². The summed E-state index contributed by atoms with van der Waals surface area (Å²) in [6.07, 6.45) is 2.41. The van der Waals surface area contributed by atoms with Gasteiger partial charge in [0.1, 0.15) is 11.6 Å². The van der Waals surface area contributed by atoms with E-state index in [-0.39, 0.29) is 0 Å². The van der Waals surface area contributed by atoms with Crippen LogP contribution in [0, 0.1) is 6.92 Å². The van der Waals surface area contributed by atoms with Crippen molar-refractivity contribution in [2.75, 3.05) is 18.0 Å². The van der Waals surface area contributed by atoms with Gasteiger partial charge in [0.25, 0.3) is 0 Å². The molecule has 4 rings (SSSR count). The molecule has 0 radical (unpaired) electrons. The lowest BCUT2D eigenvalue weighted by Gasteiger charge is -2.18. The summed E-state index contributed by atoms with van der Waals surface area (Å²) in [6, 6.07) is 20.0. The molecule has 0 atom stereocenters. The Morgan fingerprint density at radius 1 is 0.880 bits per heavy atom. The number of benzene rings is 2. The molecule has 3 aromatic rings. The number of hydrogen-bond acceptors (Lipinski definition) is 4. The lowest BCUT2D eigenvalue weighted by Crippen LogP contribution is -2.19. The average molecular weight is 331 g/mol. The summed E-state index contributed by atoms with van der Waals surface area (Å²) in [5.74, 6) is 3.01. The summed E-state index contributed by atoms with van der Waals surface area (Å²) in [6.45, 7) is 4.14.